The molecule has 0 N–H and O–H groups in total. The zero-order valence-corrected chi connectivity index (χ0v) is 11.7. The van der Waals surface area contributed by atoms with E-state index in [0.29, 0.717) is 17.5 Å². The fourth-order valence-corrected chi connectivity index (χ4v) is 3.13. The van der Waals surface area contributed by atoms with Crippen LogP contribution in [0.3, 0.4) is 0 Å². The molecule has 2 aromatic heterocycles. The molecule has 100 valence electrons. The van der Waals surface area contributed by atoms with Crippen LogP contribution in [0.25, 0.3) is 10.6 Å². The van der Waals surface area contributed by atoms with E-state index >= 15 is 0 Å². The summed E-state index contributed by atoms with van der Waals surface area (Å²) in [5.41, 5.74) is 0.414. The second kappa shape index (κ2) is 5.17. The normalized spacial score (nSPS) is 19.6. The minimum Gasteiger partial charge on any atom is -0.355 e. The summed E-state index contributed by atoms with van der Waals surface area (Å²) in [6, 6.07) is 5.96. The third-order valence-electron chi connectivity index (χ3n) is 3.56. The van der Waals surface area contributed by atoms with Crippen LogP contribution in [-0.2, 0) is 0 Å². The first-order valence-corrected chi connectivity index (χ1v) is 7.45. The second-order valence-corrected chi connectivity index (χ2v) is 5.84. The third-order valence-corrected chi connectivity index (χ3v) is 4.44. The molecule has 1 saturated heterocycles. The van der Waals surface area contributed by atoms with Gasteiger partial charge in [0, 0.05) is 18.7 Å². The Kier molecular flexibility index (Phi) is 3.38. The summed E-state index contributed by atoms with van der Waals surface area (Å²) in [4.78, 5) is 15.3. The molecule has 19 heavy (non-hydrogen) atoms. The van der Waals surface area contributed by atoms with Crippen LogP contribution in [-0.4, -0.2) is 28.6 Å². The SMILES string of the molecule is CC1CCCCN1C(=O)c1cc(-c2cccs2)on1. The van der Waals surface area contributed by atoms with Crippen LogP contribution >= 0.6 is 11.3 Å². The molecule has 1 aliphatic rings. The Balaban J connectivity index is 1.80. The minimum absolute atomic E-state index is 0.0150. The number of rotatable bonds is 2. The molecule has 0 bridgehead atoms. The van der Waals surface area contributed by atoms with Gasteiger partial charge in [-0.1, -0.05) is 11.2 Å². The van der Waals surface area contributed by atoms with Gasteiger partial charge in [0.25, 0.3) is 5.91 Å². The molecule has 1 unspecified atom stereocenters. The van der Waals surface area contributed by atoms with E-state index in [1.165, 1.54) is 6.42 Å². The molecule has 1 aliphatic heterocycles. The lowest BCUT2D eigenvalue weighted by Crippen LogP contribution is -2.42. The first-order chi connectivity index (χ1) is 9.25. The largest absolute Gasteiger partial charge is 0.355 e. The summed E-state index contributed by atoms with van der Waals surface area (Å²) in [7, 11) is 0. The molecular weight excluding hydrogens is 260 g/mol. The van der Waals surface area contributed by atoms with Crippen molar-refractivity contribution in [3.05, 3.63) is 29.3 Å². The Morgan fingerprint density at radius 1 is 1.53 bits per heavy atom. The Bertz CT molecular complexity index is 562. The maximum atomic E-state index is 12.4. The molecular formula is C14H16N2O2S. The summed E-state index contributed by atoms with van der Waals surface area (Å²) < 4.78 is 5.27. The van der Waals surface area contributed by atoms with E-state index in [9.17, 15) is 4.79 Å². The highest BCUT2D eigenvalue weighted by Gasteiger charge is 2.26. The van der Waals surface area contributed by atoms with Crippen LogP contribution in [0.5, 0.6) is 0 Å². The van der Waals surface area contributed by atoms with Crippen LogP contribution in [0.15, 0.2) is 28.1 Å². The molecule has 2 aromatic rings. The summed E-state index contributed by atoms with van der Waals surface area (Å²) >= 11 is 1.58. The molecule has 1 atom stereocenters. The van der Waals surface area contributed by atoms with Gasteiger partial charge in [0.05, 0.1) is 4.88 Å². The average molecular weight is 276 g/mol. The van der Waals surface area contributed by atoms with Crippen molar-refractivity contribution >= 4 is 17.2 Å². The zero-order valence-electron chi connectivity index (χ0n) is 10.8. The van der Waals surface area contributed by atoms with E-state index in [0.717, 1.165) is 24.3 Å². The number of hydrogen-bond acceptors (Lipinski definition) is 4. The number of carbonyl (C=O) groups excluding carboxylic acids is 1. The fraction of sp³-hybridized carbons (Fsp3) is 0.429. The summed E-state index contributed by atoms with van der Waals surface area (Å²) in [5, 5.41) is 5.90. The van der Waals surface area contributed by atoms with E-state index in [2.05, 4.69) is 12.1 Å². The third kappa shape index (κ3) is 2.42. The van der Waals surface area contributed by atoms with Crippen molar-refractivity contribution in [2.45, 2.75) is 32.2 Å². The molecule has 1 fully saturated rings. The van der Waals surface area contributed by atoms with E-state index in [4.69, 9.17) is 4.52 Å². The molecule has 0 saturated carbocycles. The predicted molar refractivity (Wildman–Crippen MR) is 74.2 cm³/mol. The number of hydrogen-bond donors (Lipinski definition) is 0. The van der Waals surface area contributed by atoms with Crippen molar-refractivity contribution in [1.29, 1.82) is 0 Å². The molecule has 0 spiro atoms. The van der Waals surface area contributed by atoms with Crippen LogP contribution in [0, 0.1) is 0 Å². The van der Waals surface area contributed by atoms with E-state index in [-0.39, 0.29) is 5.91 Å². The van der Waals surface area contributed by atoms with Gasteiger partial charge < -0.3 is 9.42 Å². The zero-order chi connectivity index (χ0) is 13.2. The molecule has 0 aliphatic carbocycles. The highest BCUT2D eigenvalue weighted by molar-refractivity contribution is 7.13. The standard InChI is InChI=1S/C14H16N2O2S/c1-10-5-2-3-7-16(10)14(17)11-9-12(18-15-11)13-6-4-8-19-13/h4,6,8-10H,2-3,5,7H2,1H3. The smallest absolute Gasteiger partial charge is 0.276 e. The topological polar surface area (TPSA) is 46.3 Å². The van der Waals surface area contributed by atoms with Gasteiger partial charge in [-0.3, -0.25) is 4.79 Å². The van der Waals surface area contributed by atoms with Gasteiger partial charge in [0.15, 0.2) is 11.5 Å². The Hall–Kier alpha value is -1.62. The molecule has 4 nitrogen and oxygen atoms in total. The van der Waals surface area contributed by atoms with Crippen LogP contribution < -0.4 is 0 Å². The molecule has 3 rings (SSSR count). The molecule has 5 heteroatoms. The Morgan fingerprint density at radius 3 is 3.16 bits per heavy atom. The Morgan fingerprint density at radius 2 is 2.42 bits per heavy atom. The number of thiophene rings is 1. The van der Waals surface area contributed by atoms with Crippen molar-refractivity contribution < 1.29 is 9.32 Å². The first kappa shape index (κ1) is 12.4. The summed E-state index contributed by atoms with van der Waals surface area (Å²) in [6.45, 7) is 2.92. The number of carbonyl (C=O) groups is 1. The van der Waals surface area contributed by atoms with Crippen LogP contribution in [0.2, 0.25) is 0 Å². The average Bonchev–Trinajstić information content (AvgIpc) is 3.09. The number of amides is 1. The van der Waals surface area contributed by atoms with Crippen molar-refractivity contribution in [2.24, 2.45) is 0 Å². The van der Waals surface area contributed by atoms with Crippen molar-refractivity contribution in [3.63, 3.8) is 0 Å². The van der Waals surface area contributed by atoms with Gasteiger partial charge in [-0.2, -0.15) is 0 Å². The van der Waals surface area contributed by atoms with Crippen LogP contribution in [0.1, 0.15) is 36.7 Å². The number of aromatic nitrogens is 1. The molecule has 0 aromatic carbocycles. The second-order valence-electron chi connectivity index (χ2n) is 4.90. The van der Waals surface area contributed by atoms with E-state index in [1.807, 2.05) is 22.4 Å². The molecule has 0 radical (unpaired) electrons. The fourth-order valence-electron chi connectivity index (χ4n) is 2.46. The van der Waals surface area contributed by atoms with E-state index in [1.54, 1.807) is 17.4 Å². The van der Waals surface area contributed by atoms with Gasteiger partial charge in [0.2, 0.25) is 0 Å². The number of piperidine rings is 1. The van der Waals surface area contributed by atoms with Crippen molar-refractivity contribution in [2.75, 3.05) is 6.54 Å². The first-order valence-electron chi connectivity index (χ1n) is 6.57. The van der Waals surface area contributed by atoms with Gasteiger partial charge in [0.1, 0.15) is 0 Å². The monoisotopic (exact) mass is 276 g/mol. The maximum absolute atomic E-state index is 12.4. The number of likely N-dealkylation sites (tertiary alicyclic amines) is 1. The lowest BCUT2D eigenvalue weighted by Gasteiger charge is -2.32. The van der Waals surface area contributed by atoms with Gasteiger partial charge >= 0.3 is 0 Å². The summed E-state index contributed by atoms with van der Waals surface area (Å²) in [6.07, 6.45) is 3.34. The van der Waals surface area contributed by atoms with Gasteiger partial charge in [-0.15, -0.1) is 11.3 Å². The molecule has 3 heterocycles. The minimum atomic E-state index is -0.0150. The van der Waals surface area contributed by atoms with Crippen LogP contribution in [0.4, 0.5) is 0 Å². The lowest BCUT2D eigenvalue weighted by atomic mass is 10.0. The summed E-state index contributed by atoms with van der Waals surface area (Å²) in [5.74, 6) is 0.654. The van der Waals surface area contributed by atoms with Gasteiger partial charge in [-0.05, 0) is 37.6 Å². The quantitative estimate of drug-likeness (QED) is 0.844. The highest BCUT2D eigenvalue weighted by atomic mass is 32.1. The number of nitrogens with zero attached hydrogens (tertiary/aromatic N) is 2. The van der Waals surface area contributed by atoms with Crippen molar-refractivity contribution in [3.8, 4) is 10.6 Å². The maximum Gasteiger partial charge on any atom is 0.276 e. The highest BCUT2D eigenvalue weighted by Crippen LogP contribution is 2.26. The van der Waals surface area contributed by atoms with E-state index < -0.39 is 0 Å². The van der Waals surface area contributed by atoms with Gasteiger partial charge in [-0.25, -0.2) is 0 Å². The Labute approximate surface area is 116 Å². The van der Waals surface area contributed by atoms with Crippen molar-refractivity contribution in [1.82, 2.24) is 10.1 Å². The lowest BCUT2D eigenvalue weighted by molar-refractivity contribution is 0.0625. The molecule has 1 amide bonds. The predicted octanol–water partition coefficient (Wildman–Crippen LogP) is 3.42.